The number of fused-ring (bicyclic) bond motifs is 1. The van der Waals surface area contributed by atoms with Crippen LogP contribution in [0.4, 0.5) is 21.8 Å². The minimum atomic E-state index is -0.492. The Kier molecular flexibility index (Phi) is 4.34. The lowest BCUT2D eigenvalue weighted by molar-refractivity contribution is -0.119. The summed E-state index contributed by atoms with van der Waals surface area (Å²) in [5.74, 6) is 0.754. The van der Waals surface area contributed by atoms with Crippen molar-refractivity contribution in [2.75, 3.05) is 23.3 Å². The van der Waals surface area contributed by atoms with Crippen molar-refractivity contribution in [1.82, 2.24) is 19.9 Å². The molecule has 0 saturated carbocycles. The van der Waals surface area contributed by atoms with E-state index in [1.54, 1.807) is 12.3 Å². The molecule has 4 rings (SSSR count). The Hall–Kier alpha value is -2.87. The summed E-state index contributed by atoms with van der Waals surface area (Å²) in [6.45, 7) is 1.18. The number of nitrogens with zero attached hydrogens (tertiary/aromatic N) is 5. The number of halogens is 2. The average Bonchev–Trinajstić information content (AvgIpc) is 2.65. The molecule has 1 N–H and O–H groups in total. The summed E-state index contributed by atoms with van der Waals surface area (Å²) in [6, 6.07) is 4.32. The van der Waals surface area contributed by atoms with E-state index in [1.165, 1.54) is 18.5 Å². The molecule has 3 aromatic rings. The number of aromatic nitrogens is 4. The maximum absolute atomic E-state index is 13.3. The van der Waals surface area contributed by atoms with Crippen LogP contribution in [0.3, 0.4) is 0 Å². The van der Waals surface area contributed by atoms with Crippen LogP contribution in [0.15, 0.2) is 30.7 Å². The highest BCUT2D eigenvalue weighted by Gasteiger charge is 2.19. The molecule has 2 aromatic heterocycles. The minimum absolute atomic E-state index is 0.0154. The number of carbonyl (C=O) groups excluding carboxylic acids is 1. The van der Waals surface area contributed by atoms with E-state index in [0.29, 0.717) is 54.4 Å². The largest absolute Gasteiger partial charge is 0.340 e. The minimum Gasteiger partial charge on any atom is -0.340 e. The highest BCUT2D eigenvalue weighted by molar-refractivity contribution is 6.31. The van der Waals surface area contributed by atoms with E-state index in [2.05, 4.69) is 25.3 Å². The molecule has 9 heteroatoms. The van der Waals surface area contributed by atoms with Gasteiger partial charge in [0.25, 0.3) is 0 Å². The first-order valence-corrected chi connectivity index (χ1v) is 8.44. The predicted octanol–water partition coefficient (Wildman–Crippen LogP) is 3.13. The van der Waals surface area contributed by atoms with Crippen LogP contribution in [-0.4, -0.2) is 38.8 Å². The second-order valence-corrected chi connectivity index (χ2v) is 6.31. The molecule has 3 heterocycles. The number of benzene rings is 1. The van der Waals surface area contributed by atoms with Crippen molar-refractivity contribution in [2.45, 2.75) is 12.8 Å². The van der Waals surface area contributed by atoms with E-state index in [9.17, 15) is 9.18 Å². The number of hydrogen-bond acceptors (Lipinski definition) is 7. The number of piperidine rings is 1. The first kappa shape index (κ1) is 16.6. The molecule has 132 valence electrons. The highest BCUT2D eigenvalue weighted by Crippen LogP contribution is 2.26. The molecule has 0 amide bonds. The van der Waals surface area contributed by atoms with Gasteiger partial charge in [-0.25, -0.2) is 24.3 Å². The van der Waals surface area contributed by atoms with Crippen LogP contribution in [0.5, 0.6) is 0 Å². The normalized spacial score (nSPS) is 14.7. The second kappa shape index (κ2) is 6.80. The van der Waals surface area contributed by atoms with Gasteiger partial charge in [0.2, 0.25) is 5.95 Å². The Bertz CT molecular complexity index is 988. The van der Waals surface area contributed by atoms with Crippen molar-refractivity contribution in [1.29, 1.82) is 0 Å². The zero-order valence-electron chi connectivity index (χ0n) is 13.6. The Morgan fingerprint density at radius 3 is 2.73 bits per heavy atom. The van der Waals surface area contributed by atoms with Crippen LogP contribution < -0.4 is 10.2 Å². The van der Waals surface area contributed by atoms with Crippen molar-refractivity contribution in [3.8, 4) is 0 Å². The van der Waals surface area contributed by atoms with Gasteiger partial charge in [0.15, 0.2) is 5.82 Å². The third-order valence-electron chi connectivity index (χ3n) is 4.15. The van der Waals surface area contributed by atoms with Gasteiger partial charge in [0, 0.05) is 31.6 Å². The first-order valence-electron chi connectivity index (χ1n) is 8.06. The number of hydrogen-bond donors (Lipinski definition) is 1. The van der Waals surface area contributed by atoms with Gasteiger partial charge in [-0.2, -0.15) is 0 Å². The zero-order chi connectivity index (χ0) is 18.1. The van der Waals surface area contributed by atoms with Gasteiger partial charge in [-0.05, 0) is 18.2 Å². The molecule has 0 bridgehead atoms. The molecule has 0 radical (unpaired) electrons. The molecule has 26 heavy (non-hydrogen) atoms. The first-order chi connectivity index (χ1) is 12.6. The number of nitrogens with one attached hydrogen (secondary N) is 1. The molecule has 0 aliphatic carbocycles. The van der Waals surface area contributed by atoms with Gasteiger partial charge in [-0.3, -0.25) is 4.79 Å². The van der Waals surface area contributed by atoms with E-state index in [0.717, 1.165) is 0 Å². The predicted molar refractivity (Wildman–Crippen MR) is 96.3 cm³/mol. The van der Waals surface area contributed by atoms with Gasteiger partial charge < -0.3 is 10.2 Å². The lowest BCUT2D eigenvalue weighted by atomic mass is 10.1. The van der Waals surface area contributed by atoms with Crippen molar-refractivity contribution >= 4 is 45.9 Å². The quantitative estimate of drug-likeness (QED) is 0.756. The number of carbonyl (C=O) groups is 1. The molecule has 1 aromatic carbocycles. The lowest BCUT2D eigenvalue weighted by Gasteiger charge is -2.25. The zero-order valence-corrected chi connectivity index (χ0v) is 14.4. The molecule has 1 aliphatic heterocycles. The van der Waals surface area contributed by atoms with Crippen molar-refractivity contribution < 1.29 is 9.18 Å². The molecule has 1 aliphatic rings. The number of rotatable bonds is 3. The van der Waals surface area contributed by atoms with Crippen molar-refractivity contribution in [3.05, 3.63) is 41.6 Å². The lowest BCUT2D eigenvalue weighted by Crippen LogP contribution is -2.34. The fraction of sp³-hybridized carbons (Fsp3) is 0.235. The number of anilines is 3. The summed E-state index contributed by atoms with van der Waals surface area (Å²) in [5.41, 5.74) is 1.70. The van der Waals surface area contributed by atoms with Crippen molar-refractivity contribution in [2.24, 2.45) is 0 Å². The topological polar surface area (TPSA) is 83.9 Å². The Balaban J connectivity index is 1.69. The molecule has 0 spiro atoms. The SMILES string of the molecule is O=C1CCN(c2ncc3ncnc(Nc4ccc(F)c(Cl)c4)c3n2)CC1. The van der Waals surface area contributed by atoms with Crippen LogP contribution >= 0.6 is 11.6 Å². The standard InChI is InChI=1S/C17H14ClFN6O/c18-12-7-10(1-2-13(12)19)23-16-15-14(21-9-22-16)8-20-17(24-15)25-5-3-11(26)4-6-25/h1-2,7-9H,3-6H2,(H,21,22,23). The highest BCUT2D eigenvalue weighted by atomic mass is 35.5. The summed E-state index contributed by atoms with van der Waals surface area (Å²) in [4.78, 5) is 30.7. The summed E-state index contributed by atoms with van der Waals surface area (Å²) in [7, 11) is 0. The molecular weight excluding hydrogens is 359 g/mol. The molecule has 7 nitrogen and oxygen atoms in total. The van der Waals surface area contributed by atoms with Crippen LogP contribution in [0.2, 0.25) is 5.02 Å². The Morgan fingerprint density at radius 1 is 1.15 bits per heavy atom. The maximum atomic E-state index is 13.3. The fourth-order valence-electron chi connectivity index (χ4n) is 2.76. The third kappa shape index (κ3) is 3.28. The fourth-order valence-corrected chi connectivity index (χ4v) is 2.94. The molecule has 0 unspecified atom stereocenters. The van der Waals surface area contributed by atoms with Crippen LogP contribution in [0.25, 0.3) is 11.0 Å². The van der Waals surface area contributed by atoms with E-state index in [-0.39, 0.29) is 10.8 Å². The number of ketones is 1. The molecule has 1 saturated heterocycles. The Morgan fingerprint density at radius 2 is 1.96 bits per heavy atom. The van der Waals surface area contributed by atoms with Gasteiger partial charge in [0.1, 0.15) is 29.0 Å². The van der Waals surface area contributed by atoms with Gasteiger partial charge >= 0.3 is 0 Å². The smallest absolute Gasteiger partial charge is 0.226 e. The van der Waals surface area contributed by atoms with Crippen LogP contribution in [0.1, 0.15) is 12.8 Å². The van der Waals surface area contributed by atoms with Gasteiger partial charge in [-0.1, -0.05) is 11.6 Å². The maximum Gasteiger partial charge on any atom is 0.226 e. The summed E-state index contributed by atoms with van der Waals surface area (Å²) in [5, 5.41) is 3.10. The summed E-state index contributed by atoms with van der Waals surface area (Å²) in [6.07, 6.45) is 4.01. The van der Waals surface area contributed by atoms with E-state index < -0.39 is 5.82 Å². The van der Waals surface area contributed by atoms with Crippen LogP contribution in [-0.2, 0) is 4.79 Å². The summed E-state index contributed by atoms with van der Waals surface area (Å²) >= 11 is 5.83. The van der Waals surface area contributed by atoms with Gasteiger partial charge in [-0.15, -0.1) is 0 Å². The van der Waals surface area contributed by atoms with E-state index >= 15 is 0 Å². The van der Waals surface area contributed by atoms with Crippen molar-refractivity contribution in [3.63, 3.8) is 0 Å². The summed E-state index contributed by atoms with van der Waals surface area (Å²) < 4.78 is 13.3. The average molecular weight is 373 g/mol. The molecular formula is C17H14ClFN6O. The van der Waals surface area contributed by atoms with E-state index in [4.69, 9.17) is 11.6 Å². The second-order valence-electron chi connectivity index (χ2n) is 5.91. The van der Waals surface area contributed by atoms with Gasteiger partial charge in [0.05, 0.1) is 11.2 Å². The molecule has 1 fully saturated rings. The monoisotopic (exact) mass is 372 g/mol. The third-order valence-corrected chi connectivity index (χ3v) is 4.44. The Labute approximate surface area is 153 Å². The van der Waals surface area contributed by atoms with E-state index in [1.807, 2.05) is 4.90 Å². The van der Waals surface area contributed by atoms with Crippen LogP contribution in [0, 0.1) is 5.82 Å². The molecule has 0 atom stereocenters. The number of Topliss-reactive ketones (excluding diaryl/α,β-unsaturated/α-hetero) is 1.